The van der Waals surface area contributed by atoms with Crippen LogP contribution in [0.25, 0.3) is 0 Å². The fourth-order valence-corrected chi connectivity index (χ4v) is 2.66. The maximum Gasteiger partial charge on any atom is 0.228 e. The molecule has 24 heavy (non-hydrogen) atoms. The first-order valence-electron chi connectivity index (χ1n) is 7.89. The van der Waals surface area contributed by atoms with Crippen LogP contribution in [0.15, 0.2) is 25.0 Å². The minimum absolute atomic E-state index is 0.00324. The van der Waals surface area contributed by atoms with Crippen LogP contribution in [0.3, 0.4) is 0 Å². The topological polar surface area (TPSA) is 100 Å². The minimum Gasteiger partial charge on any atom is -0.394 e. The summed E-state index contributed by atoms with van der Waals surface area (Å²) >= 11 is 0. The van der Waals surface area contributed by atoms with Gasteiger partial charge in [-0.05, 0) is 12.5 Å². The van der Waals surface area contributed by atoms with Crippen molar-refractivity contribution in [3.63, 3.8) is 0 Å². The number of aliphatic hydroxyl groups excluding tert-OH is 1. The van der Waals surface area contributed by atoms with Crippen molar-refractivity contribution in [1.29, 1.82) is 0 Å². The Bertz CT molecular complexity index is 625. The van der Waals surface area contributed by atoms with E-state index in [1.54, 1.807) is 0 Å². The maximum absolute atomic E-state index is 8.93. The molecule has 0 aliphatic carbocycles. The van der Waals surface area contributed by atoms with Crippen molar-refractivity contribution in [2.24, 2.45) is 0 Å². The molecule has 1 saturated heterocycles. The molecule has 0 saturated carbocycles. The summed E-state index contributed by atoms with van der Waals surface area (Å²) < 4.78 is 5.55. The molecule has 1 aliphatic heterocycles. The Hall–Kier alpha value is -2.39. The Morgan fingerprint density at radius 2 is 1.88 bits per heavy atom. The lowest BCUT2D eigenvalue weighted by Gasteiger charge is -2.41. The molecule has 1 aliphatic rings. The average molecular weight is 331 g/mol. The number of ether oxygens (including phenoxy) is 1. The van der Waals surface area contributed by atoms with E-state index >= 15 is 0 Å². The second kappa shape index (κ2) is 7.93. The van der Waals surface area contributed by atoms with Gasteiger partial charge in [-0.2, -0.15) is 0 Å². The summed E-state index contributed by atoms with van der Waals surface area (Å²) in [5.41, 5.74) is 1.03. The molecule has 2 aromatic heterocycles. The van der Waals surface area contributed by atoms with Gasteiger partial charge in [-0.3, -0.25) is 0 Å². The molecule has 0 radical (unpaired) electrons. The molecule has 0 bridgehead atoms. The number of hydrogen-bond donors (Lipinski definition) is 1. The van der Waals surface area contributed by atoms with Crippen molar-refractivity contribution in [3.8, 4) is 0 Å². The third-order valence-electron chi connectivity index (χ3n) is 3.82. The van der Waals surface area contributed by atoms with Gasteiger partial charge in [0.15, 0.2) is 0 Å². The van der Waals surface area contributed by atoms with Crippen LogP contribution in [0.2, 0.25) is 0 Å². The quantitative estimate of drug-likeness (QED) is 0.713. The molecular weight excluding hydrogens is 310 g/mol. The van der Waals surface area contributed by atoms with Crippen LogP contribution in [-0.2, 0) is 4.74 Å². The van der Waals surface area contributed by atoms with Crippen molar-refractivity contribution in [3.05, 3.63) is 30.6 Å². The summed E-state index contributed by atoms with van der Waals surface area (Å²) in [6.07, 6.45) is 6.61. The smallest absolute Gasteiger partial charge is 0.228 e. The number of hydrogen-bond acceptors (Lipinski definition) is 9. The van der Waals surface area contributed by atoms with Crippen LogP contribution >= 0.6 is 0 Å². The van der Waals surface area contributed by atoms with Crippen LogP contribution in [0.4, 0.5) is 11.9 Å². The molecule has 0 spiro atoms. The Labute approximate surface area is 140 Å². The van der Waals surface area contributed by atoms with E-state index in [1.807, 2.05) is 19.3 Å². The monoisotopic (exact) mass is 331 g/mol. The summed E-state index contributed by atoms with van der Waals surface area (Å²) in [5.74, 6) is 1.34. The summed E-state index contributed by atoms with van der Waals surface area (Å²) in [6.45, 7) is 4.94. The molecule has 9 nitrogen and oxygen atoms in total. The molecule has 1 N–H and O–H groups in total. The molecule has 1 atom stereocenters. The van der Waals surface area contributed by atoms with Crippen LogP contribution in [0.5, 0.6) is 0 Å². The summed E-state index contributed by atoms with van der Waals surface area (Å²) in [7, 11) is 0. The van der Waals surface area contributed by atoms with E-state index in [0.717, 1.165) is 18.7 Å². The van der Waals surface area contributed by atoms with Crippen LogP contribution < -0.4 is 9.80 Å². The SMILES string of the molecule is Cc1cnc(N2CCN(c3ncncn3)C(COCCO)C2)nc1. The Kier molecular flexibility index (Phi) is 5.44. The lowest BCUT2D eigenvalue weighted by Crippen LogP contribution is -2.56. The molecule has 2 aromatic rings. The summed E-state index contributed by atoms with van der Waals surface area (Å²) in [5, 5.41) is 8.93. The van der Waals surface area contributed by atoms with E-state index in [9.17, 15) is 0 Å². The maximum atomic E-state index is 8.93. The van der Waals surface area contributed by atoms with Gasteiger partial charge in [-0.25, -0.2) is 24.9 Å². The van der Waals surface area contributed by atoms with E-state index in [0.29, 0.717) is 31.7 Å². The van der Waals surface area contributed by atoms with Crippen molar-refractivity contribution in [2.75, 3.05) is 49.3 Å². The number of anilines is 2. The number of aliphatic hydroxyl groups is 1. The highest BCUT2D eigenvalue weighted by molar-refractivity contribution is 5.39. The zero-order valence-corrected chi connectivity index (χ0v) is 13.6. The normalized spacial score (nSPS) is 18.0. The van der Waals surface area contributed by atoms with E-state index in [1.165, 1.54) is 12.7 Å². The van der Waals surface area contributed by atoms with Gasteiger partial charge in [-0.1, -0.05) is 0 Å². The van der Waals surface area contributed by atoms with Crippen LogP contribution in [0.1, 0.15) is 5.56 Å². The van der Waals surface area contributed by atoms with E-state index in [2.05, 4.69) is 34.7 Å². The molecule has 3 rings (SSSR count). The fourth-order valence-electron chi connectivity index (χ4n) is 2.66. The van der Waals surface area contributed by atoms with Gasteiger partial charge in [0.05, 0.1) is 25.9 Å². The first-order chi connectivity index (χ1) is 11.8. The van der Waals surface area contributed by atoms with Gasteiger partial charge >= 0.3 is 0 Å². The molecular formula is C15H21N7O2. The highest BCUT2D eigenvalue weighted by Crippen LogP contribution is 2.19. The first-order valence-corrected chi connectivity index (χ1v) is 7.89. The summed E-state index contributed by atoms with van der Waals surface area (Å²) in [4.78, 5) is 25.4. The first kappa shape index (κ1) is 16.5. The zero-order valence-electron chi connectivity index (χ0n) is 13.6. The highest BCUT2D eigenvalue weighted by Gasteiger charge is 2.30. The number of nitrogens with zero attached hydrogens (tertiary/aromatic N) is 7. The molecule has 1 unspecified atom stereocenters. The molecule has 9 heteroatoms. The lowest BCUT2D eigenvalue weighted by atomic mass is 10.2. The second-order valence-electron chi connectivity index (χ2n) is 5.59. The minimum atomic E-state index is 0.00324. The molecule has 128 valence electrons. The number of aromatic nitrogens is 5. The number of rotatable bonds is 6. The Balaban J connectivity index is 1.74. The third kappa shape index (κ3) is 3.92. The zero-order chi connectivity index (χ0) is 16.8. The van der Waals surface area contributed by atoms with Gasteiger partial charge in [0, 0.05) is 32.0 Å². The highest BCUT2D eigenvalue weighted by atomic mass is 16.5. The summed E-state index contributed by atoms with van der Waals surface area (Å²) in [6, 6.07) is 0.0394. The standard InChI is InChI=1S/C15H21N7O2/c1-12-6-17-14(18-7-12)21-2-3-22(15-19-10-16-11-20-15)13(8-21)9-24-5-4-23/h6-7,10-11,13,23H,2-5,8-9H2,1H3. The van der Waals surface area contributed by atoms with Gasteiger partial charge in [0.1, 0.15) is 12.7 Å². The number of piperazine rings is 1. The predicted molar refractivity (Wildman–Crippen MR) is 87.8 cm³/mol. The van der Waals surface area contributed by atoms with Crippen molar-refractivity contribution < 1.29 is 9.84 Å². The van der Waals surface area contributed by atoms with Gasteiger partial charge in [-0.15, -0.1) is 0 Å². The van der Waals surface area contributed by atoms with Crippen molar-refractivity contribution >= 4 is 11.9 Å². The van der Waals surface area contributed by atoms with Crippen molar-refractivity contribution in [1.82, 2.24) is 24.9 Å². The van der Waals surface area contributed by atoms with Crippen molar-refractivity contribution in [2.45, 2.75) is 13.0 Å². The molecule has 3 heterocycles. The molecule has 0 amide bonds. The average Bonchev–Trinajstić information content (AvgIpc) is 2.63. The van der Waals surface area contributed by atoms with Gasteiger partial charge < -0.3 is 19.6 Å². The molecule has 1 fully saturated rings. The molecule has 0 aromatic carbocycles. The number of aryl methyl sites for hydroxylation is 1. The largest absolute Gasteiger partial charge is 0.394 e. The lowest BCUT2D eigenvalue weighted by molar-refractivity contribution is 0.0807. The van der Waals surface area contributed by atoms with E-state index in [-0.39, 0.29) is 12.6 Å². The van der Waals surface area contributed by atoms with Crippen LogP contribution in [-0.4, -0.2) is 75.5 Å². The fraction of sp³-hybridized carbons (Fsp3) is 0.533. The third-order valence-corrected chi connectivity index (χ3v) is 3.82. The Morgan fingerprint density at radius 1 is 1.12 bits per heavy atom. The predicted octanol–water partition coefficient (Wildman–Crippen LogP) is -0.326. The van der Waals surface area contributed by atoms with E-state index < -0.39 is 0 Å². The van der Waals surface area contributed by atoms with Gasteiger partial charge in [0.2, 0.25) is 11.9 Å². The van der Waals surface area contributed by atoms with Gasteiger partial charge in [0.25, 0.3) is 0 Å². The Morgan fingerprint density at radius 3 is 2.58 bits per heavy atom. The van der Waals surface area contributed by atoms with E-state index in [4.69, 9.17) is 9.84 Å². The van der Waals surface area contributed by atoms with Crippen LogP contribution in [0, 0.1) is 6.92 Å². The second-order valence-corrected chi connectivity index (χ2v) is 5.59.